The van der Waals surface area contributed by atoms with E-state index < -0.39 is 5.82 Å². The second kappa shape index (κ2) is 8.68. The third-order valence-corrected chi connectivity index (χ3v) is 5.72. The van der Waals surface area contributed by atoms with Crippen molar-refractivity contribution in [2.24, 2.45) is 0 Å². The van der Waals surface area contributed by atoms with Crippen LogP contribution in [0, 0.1) is 12.7 Å². The van der Waals surface area contributed by atoms with Crippen molar-refractivity contribution in [3.63, 3.8) is 0 Å². The molecule has 8 nitrogen and oxygen atoms in total. The first-order valence-corrected chi connectivity index (χ1v) is 11.1. The molecule has 0 fully saturated rings. The van der Waals surface area contributed by atoms with E-state index in [1.165, 1.54) is 12.4 Å². The van der Waals surface area contributed by atoms with Crippen LogP contribution in [0.1, 0.15) is 31.0 Å². The molecule has 9 heteroatoms. The molecule has 4 N–H and O–H groups in total. The van der Waals surface area contributed by atoms with Crippen LogP contribution in [0.25, 0.3) is 28.0 Å². The van der Waals surface area contributed by atoms with Gasteiger partial charge < -0.3 is 20.8 Å². The second-order valence-corrected chi connectivity index (χ2v) is 8.53. The van der Waals surface area contributed by atoms with E-state index in [1.54, 1.807) is 24.4 Å². The minimum atomic E-state index is -0.570. The average Bonchev–Trinajstić information content (AvgIpc) is 3.18. The van der Waals surface area contributed by atoms with Gasteiger partial charge in [0.25, 0.3) is 0 Å². The molecular formula is C26H24FN7O. The molecule has 35 heavy (non-hydrogen) atoms. The lowest BCUT2D eigenvalue weighted by molar-refractivity contribution is 0.410. The molecule has 0 amide bonds. The Labute approximate surface area is 201 Å². The topological polar surface area (TPSA) is 118 Å². The number of nitrogens with two attached hydrogens (primary N) is 2. The number of hydrogen-bond acceptors (Lipinski definition) is 7. The normalized spacial score (nSPS) is 11.3. The maximum Gasteiger partial charge on any atom is 0.322 e. The average molecular weight is 470 g/mol. The van der Waals surface area contributed by atoms with Crippen LogP contribution in [0.2, 0.25) is 0 Å². The SMILES string of the molecule is Cc1ccnc(Oc2ccc(-n3c(-c4ccc(N)cc4)c(C(C)C)c4ncnc(N)c43)cc2F)n1. The summed E-state index contributed by atoms with van der Waals surface area (Å²) in [7, 11) is 0. The van der Waals surface area contributed by atoms with E-state index in [9.17, 15) is 0 Å². The standard InChI is InChI=1S/C26H24FN7O/c1-14(2)21-22-24(25(29)32-13-31-22)34(23(21)16-4-6-17(28)7-5-16)18-8-9-20(19(27)12-18)35-26-30-11-10-15(3)33-26/h4-14H,28H2,1-3H3,(H2,29,31,32). The van der Waals surface area contributed by atoms with E-state index in [1.807, 2.05) is 35.8 Å². The van der Waals surface area contributed by atoms with Gasteiger partial charge in [-0.15, -0.1) is 0 Å². The number of halogens is 1. The first-order chi connectivity index (χ1) is 16.8. The van der Waals surface area contributed by atoms with Crippen molar-refractivity contribution in [1.82, 2.24) is 24.5 Å². The van der Waals surface area contributed by atoms with E-state index in [2.05, 4.69) is 33.8 Å². The number of aryl methyl sites for hydroxylation is 1. The predicted octanol–water partition coefficient (Wildman–Crippen LogP) is 5.41. The van der Waals surface area contributed by atoms with Crippen molar-refractivity contribution < 1.29 is 9.13 Å². The first-order valence-electron chi connectivity index (χ1n) is 11.1. The fraction of sp³-hybridized carbons (Fsp3) is 0.154. The number of benzene rings is 2. The zero-order valence-electron chi connectivity index (χ0n) is 19.5. The van der Waals surface area contributed by atoms with Gasteiger partial charge in [-0.1, -0.05) is 26.0 Å². The lowest BCUT2D eigenvalue weighted by Crippen LogP contribution is -2.03. The molecule has 0 unspecified atom stereocenters. The van der Waals surface area contributed by atoms with Gasteiger partial charge in [-0.3, -0.25) is 0 Å². The van der Waals surface area contributed by atoms with Gasteiger partial charge in [0.15, 0.2) is 17.4 Å². The molecule has 3 aromatic heterocycles. The molecule has 0 saturated carbocycles. The first kappa shape index (κ1) is 22.3. The molecule has 5 aromatic rings. The molecule has 0 aliphatic carbocycles. The third kappa shape index (κ3) is 4.01. The molecule has 0 saturated heterocycles. The van der Waals surface area contributed by atoms with Crippen LogP contribution in [0.3, 0.4) is 0 Å². The van der Waals surface area contributed by atoms with Gasteiger partial charge in [-0.25, -0.2) is 24.3 Å². The van der Waals surface area contributed by atoms with E-state index >= 15 is 4.39 Å². The predicted molar refractivity (Wildman–Crippen MR) is 134 cm³/mol. The second-order valence-electron chi connectivity index (χ2n) is 8.53. The summed E-state index contributed by atoms with van der Waals surface area (Å²) >= 11 is 0. The van der Waals surface area contributed by atoms with Gasteiger partial charge >= 0.3 is 6.01 Å². The van der Waals surface area contributed by atoms with Crippen LogP contribution in [-0.2, 0) is 0 Å². The van der Waals surface area contributed by atoms with Crippen LogP contribution in [-0.4, -0.2) is 24.5 Å². The number of rotatable bonds is 5. The fourth-order valence-corrected chi connectivity index (χ4v) is 4.17. The van der Waals surface area contributed by atoms with Crippen LogP contribution in [0.15, 0.2) is 61.1 Å². The third-order valence-electron chi connectivity index (χ3n) is 5.72. The van der Waals surface area contributed by atoms with Crippen molar-refractivity contribution in [2.45, 2.75) is 26.7 Å². The molecule has 5 rings (SSSR count). The van der Waals surface area contributed by atoms with Crippen molar-refractivity contribution in [1.29, 1.82) is 0 Å². The molecule has 176 valence electrons. The number of anilines is 2. The van der Waals surface area contributed by atoms with Gasteiger partial charge in [-0.2, -0.15) is 0 Å². The highest BCUT2D eigenvalue weighted by molar-refractivity contribution is 5.96. The summed E-state index contributed by atoms with van der Waals surface area (Å²) in [6, 6.07) is 14.0. The largest absolute Gasteiger partial charge is 0.421 e. The Hall–Kier alpha value is -4.53. The van der Waals surface area contributed by atoms with E-state index in [0.717, 1.165) is 22.5 Å². The minimum Gasteiger partial charge on any atom is -0.421 e. The van der Waals surface area contributed by atoms with Crippen molar-refractivity contribution in [3.8, 4) is 28.7 Å². The number of hydrogen-bond donors (Lipinski definition) is 2. The summed E-state index contributed by atoms with van der Waals surface area (Å²) in [5.41, 5.74) is 18.2. The summed E-state index contributed by atoms with van der Waals surface area (Å²) in [6.07, 6.45) is 3.00. The quantitative estimate of drug-likeness (QED) is 0.331. The van der Waals surface area contributed by atoms with E-state index in [0.29, 0.717) is 28.2 Å². The van der Waals surface area contributed by atoms with Crippen molar-refractivity contribution in [3.05, 3.63) is 78.1 Å². The Bertz CT molecular complexity index is 1540. The highest BCUT2D eigenvalue weighted by atomic mass is 19.1. The Morgan fingerprint density at radius 2 is 1.74 bits per heavy atom. The zero-order valence-corrected chi connectivity index (χ0v) is 19.5. The van der Waals surface area contributed by atoms with Gasteiger partial charge in [0.1, 0.15) is 11.8 Å². The van der Waals surface area contributed by atoms with E-state index in [-0.39, 0.29) is 17.7 Å². The monoisotopic (exact) mass is 469 g/mol. The highest BCUT2D eigenvalue weighted by Crippen LogP contribution is 2.41. The summed E-state index contributed by atoms with van der Waals surface area (Å²) in [4.78, 5) is 17.0. The van der Waals surface area contributed by atoms with Crippen molar-refractivity contribution in [2.75, 3.05) is 11.5 Å². The maximum atomic E-state index is 15.3. The molecule has 0 radical (unpaired) electrons. The Morgan fingerprint density at radius 1 is 0.971 bits per heavy atom. The Balaban J connectivity index is 1.73. The molecule has 2 aromatic carbocycles. The highest BCUT2D eigenvalue weighted by Gasteiger charge is 2.25. The number of nitrogens with zero attached hydrogens (tertiary/aromatic N) is 5. The van der Waals surface area contributed by atoms with Crippen LogP contribution in [0.5, 0.6) is 11.8 Å². The lowest BCUT2D eigenvalue weighted by Gasteiger charge is -2.15. The van der Waals surface area contributed by atoms with E-state index in [4.69, 9.17) is 16.2 Å². The minimum absolute atomic E-state index is 0.0122. The summed E-state index contributed by atoms with van der Waals surface area (Å²) in [6.45, 7) is 5.97. The maximum absolute atomic E-state index is 15.3. The van der Waals surface area contributed by atoms with Gasteiger partial charge in [0, 0.05) is 34.9 Å². The number of fused-ring (bicyclic) bond motifs is 1. The lowest BCUT2D eigenvalue weighted by atomic mass is 9.98. The summed E-state index contributed by atoms with van der Waals surface area (Å²) in [5, 5.41) is 0. The number of nitrogen functional groups attached to an aromatic ring is 2. The molecule has 0 aliphatic rings. The summed E-state index contributed by atoms with van der Waals surface area (Å²) < 4.78 is 22.8. The van der Waals surface area contributed by atoms with Crippen LogP contribution >= 0.6 is 0 Å². The Morgan fingerprint density at radius 3 is 2.43 bits per heavy atom. The fourth-order valence-electron chi connectivity index (χ4n) is 4.17. The molecule has 0 atom stereocenters. The molecular weight excluding hydrogens is 445 g/mol. The van der Waals surface area contributed by atoms with Crippen LogP contribution < -0.4 is 16.2 Å². The summed E-state index contributed by atoms with van der Waals surface area (Å²) in [5.74, 6) is -0.156. The number of ether oxygens (including phenoxy) is 1. The van der Waals surface area contributed by atoms with Crippen molar-refractivity contribution >= 4 is 22.5 Å². The molecule has 0 bridgehead atoms. The Kier molecular flexibility index (Phi) is 5.52. The molecule has 0 aliphatic heterocycles. The zero-order chi connectivity index (χ0) is 24.7. The molecule has 0 spiro atoms. The van der Waals surface area contributed by atoms with Gasteiger partial charge in [0.05, 0.1) is 11.2 Å². The van der Waals surface area contributed by atoms with Gasteiger partial charge in [0.2, 0.25) is 0 Å². The molecule has 3 heterocycles. The van der Waals surface area contributed by atoms with Crippen LogP contribution in [0.4, 0.5) is 15.9 Å². The van der Waals surface area contributed by atoms with Gasteiger partial charge in [-0.05, 0) is 48.7 Å². The smallest absolute Gasteiger partial charge is 0.322 e. The number of aromatic nitrogens is 5.